The van der Waals surface area contributed by atoms with Crippen LogP contribution in [0.1, 0.15) is 47.0 Å². The first-order valence-electron chi connectivity index (χ1n) is 10.3. The molecule has 158 valence electrons. The second-order valence-corrected chi connectivity index (χ2v) is 10.1. The second-order valence-electron chi connectivity index (χ2n) is 8.17. The van der Waals surface area contributed by atoms with Crippen LogP contribution in [-0.4, -0.2) is 40.6 Å². The Morgan fingerprint density at radius 2 is 1.93 bits per heavy atom. The molecule has 1 aliphatic heterocycles. The Hall–Kier alpha value is -2.51. The van der Waals surface area contributed by atoms with Crippen LogP contribution in [-0.2, 0) is 23.5 Å². The third-order valence-electron chi connectivity index (χ3n) is 5.68. The number of aromatic nitrogens is 3. The van der Waals surface area contributed by atoms with Gasteiger partial charge in [0.2, 0.25) is 10.0 Å². The maximum absolute atomic E-state index is 13.2. The summed E-state index contributed by atoms with van der Waals surface area (Å²) in [6.07, 6.45) is 4.14. The van der Waals surface area contributed by atoms with E-state index in [1.165, 1.54) is 11.1 Å². The lowest BCUT2D eigenvalue weighted by Crippen LogP contribution is -2.39. The third-order valence-corrected chi connectivity index (χ3v) is 7.65. The number of sulfonamides is 1. The molecule has 1 fully saturated rings. The summed E-state index contributed by atoms with van der Waals surface area (Å²) in [5.74, 6) is 0.1000. The number of nitrogens with zero attached hydrogens (tertiary/aromatic N) is 4. The van der Waals surface area contributed by atoms with Crippen LogP contribution >= 0.6 is 0 Å². The largest absolute Gasteiger partial charge is 0.274 e. The van der Waals surface area contributed by atoms with Crippen molar-refractivity contribution in [2.45, 2.75) is 43.9 Å². The minimum absolute atomic E-state index is 0.1000. The number of hydrogen-bond donors (Lipinski definition) is 0. The fraction of sp³-hybridized carbons (Fsp3) is 0.391. The summed E-state index contributed by atoms with van der Waals surface area (Å²) >= 11 is 0. The first-order chi connectivity index (χ1) is 14.3. The van der Waals surface area contributed by atoms with Crippen LogP contribution in [0.3, 0.4) is 0 Å². The molecule has 2 aromatic heterocycles. The summed E-state index contributed by atoms with van der Waals surface area (Å²) in [7, 11) is -1.81. The predicted octanol–water partition coefficient (Wildman–Crippen LogP) is 3.59. The molecule has 30 heavy (non-hydrogen) atoms. The Kier molecular flexibility index (Phi) is 5.75. The van der Waals surface area contributed by atoms with Crippen molar-refractivity contribution in [1.29, 1.82) is 0 Å². The highest BCUT2D eigenvalue weighted by Crippen LogP contribution is 2.30. The quantitative estimate of drug-likeness (QED) is 0.628. The molecule has 0 aliphatic carbocycles. The standard InChI is InChI=1S/C23H28N4O2S/c1-17-7-4-8-19(13-17)14-21-10-5-11-22(24-21)20-9-6-12-27(15-20)30(28,29)23-16-26(3)25-18(23)2/h4-5,7-8,10-11,13,16,20H,6,9,12,14-15H2,1-3H3. The van der Waals surface area contributed by atoms with E-state index in [1.54, 1.807) is 29.2 Å². The van der Waals surface area contributed by atoms with E-state index in [2.05, 4.69) is 36.3 Å². The minimum atomic E-state index is -3.55. The number of hydrogen-bond acceptors (Lipinski definition) is 4. The van der Waals surface area contributed by atoms with E-state index in [9.17, 15) is 8.42 Å². The molecule has 7 heteroatoms. The summed E-state index contributed by atoms with van der Waals surface area (Å²) < 4.78 is 29.5. The average molecular weight is 425 g/mol. The number of rotatable bonds is 5. The van der Waals surface area contributed by atoms with Gasteiger partial charge in [-0.15, -0.1) is 0 Å². The summed E-state index contributed by atoms with van der Waals surface area (Å²) in [4.78, 5) is 5.19. The van der Waals surface area contributed by atoms with Crippen LogP contribution in [0.5, 0.6) is 0 Å². The SMILES string of the molecule is Cc1cccc(Cc2cccc(C3CCCN(S(=O)(=O)c4cn(C)nc4C)C3)n2)c1. The van der Waals surface area contributed by atoms with Gasteiger partial charge in [-0.05, 0) is 44.4 Å². The van der Waals surface area contributed by atoms with Crippen molar-refractivity contribution in [2.24, 2.45) is 7.05 Å². The van der Waals surface area contributed by atoms with Crippen LogP contribution in [0, 0.1) is 13.8 Å². The molecule has 1 atom stereocenters. The van der Waals surface area contributed by atoms with Gasteiger partial charge in [0.1, 0.15) is 4.90 Å². The van der Waals surface area contributed by atoms with Crippen molar-refractivity contribution in [2.75, 3.05) is 13.1 Å². The van der Waals surface area contributed by atoms with E-state index in [4.69, 9.17) is 4.98 Å². The normalized spacial score (nSPS) is 17.9. The summed E-state index contributed by atoms with van der Waals surface area (Å²) in [5, 5.41) is 4.21. The lowest BCUT2D eigenvalue weighted by Gasteiger charge is -2.31. The van der Waals surface area contributed by atoms with Gasteiger partial charge in [-0.3, -0.25) is 9.67 Å². The van der Waals surface area contributed by atoms with Crippen LogP contribution in [0.4, 0.5) is 0 Å². The molecule has 0 saturated carbocycles. The predicted molar refractivity (Wildman–Crippen MR) is 117 cm³/mol. The monoisotopic (exact) mass is 424 g/mol. The first-order valence-corrected chi connectivity index (χ1v) is 11.8. The fourth-order valence-corrected chi connectivity index (χ4v) is 5.95. The number of aryl methyl sites for hydroxylation is 3. The van der Waals surface area contributed by atoms with Gasteiger partial charge in [0.05, 0.1) is 5.69 Å². The van der Waals surface area contributed by atoms with Gasteiger partial charge in [-0.2, -0.15) is 9.40 Å². The van der Waals surface area contributed by atoms with Gasteiger partial charge in [-0.25, -0.2) is 8.42 Å². The lowest BCUT2D eigenvalue weighted by molar-refractivity contribution is 0.312. The molecule has 1 unspecified atom stereocenters. The van der Waals surface area contributed by atoms with Crippen molar-refractivity contribution in [3.8, 4) is 0 Å². The molecule has 3 aromatic rings. The molecule has 0 amide bonds. The number of pyridine rings is 1. The Morgan fingerprint density at radius 3 is 2.67 bits per heavy atom. The summed E-state index contributed by atoms with van der Waals surface area (Å²) in [5.41, 5.74) is 5.00. The topological polar surface area (TPSA) is 68.1 Å². The molecule has 0 bridgehead atoms. The van der Waals surface area contributed by atoms with Gasteiger partial charge in [0.15, 0.2) is 0 Å². The van der Waals surface area contributed by atoms with Crippen LogP contribution in [0.25, 0.3) is 0 Å². The second kappa shape index (κ2) is 8.32. The summed E-state index contributed by atoms with van der Waals surface area (Å²) in [6, 6.07) is 14.6. The van der Waals surface area contributed by atoms with Gasteiger partial charge in [0, 0.05) is 50.1 Å². The van der Waals surface area contributed by atoms with Crippen LogP contribution in [0.15, 0.2) is 53.6 Å². The Morgan fingerprint density at radius 1 is 1.13 bits per heavy atom. The molecule has 3 heterocycles. The van der Waals surface area contributed by atoms with Crippen molar-refractivity contribution in [3.63, 3.8) is 0 Å². The summed E-state index contributed by atoms with van der Waals surface area (Å²) in [6.45, 7) is 4.83. The maximum atomic E-state index is 13.2. The van der Waals surface area contributed by atoms with E-state index in [0.29, 0.717) is 23.7 Å². The fourth-order valence-electron chi connectivity index (χ4n) is 4.23. The molecule has 1 saturated heterocycles. The Labute approximate surface area is 178 Å². The first kappa shape index (κ1) is 20.8. The molecule has 4 rings (SSSR count). The Balaban J connectivity index is 1.54. The molecular weight excluding hydrogens is 396 g/mol. The lowest BCUT2D eigenvalue weighted by atomic mass is 9.95. The number of benzene rings is 1. The highest BCUT2D eigenvalue weighted by molar-refractivity contribution is 7.89. The average Bonchev–Trinajstić information content (AvgIpc) is 3.07. The number of piperidine rings is 1. The Bertz CT molecular complexity index is 1150. The van der Waals surface area contributed by atoms with E-state index in [-0.39, 0.29) is 5.92 Å². The molecular formula is C23H28N4O2S. The van der Waals surface area contributed by atoms with E-state index in [0.717, 1.165) is 30.7 Å². The van der Waals surface area contributed by atoms with Gasteiger partial charge >= 0.3 is 0 Å². The third kappa shape index (κ3) is 4.32. The van der Waals surface area contributed by atoms with Crippen molar-refractivity contribution in [3.05, 3.63) is 76.9 Å². The maximum Gasteiger partial charge on any atom is 0.246 e. The highest BCUT2D eigenvalue weighted by Gasteiger charge is 2.33. The van der Waals surface area contributed by atoms with E-state index in [1.807, 2.05) is 18.2 Å². The molecule has 1 aromatic carbocycles. The van der Waals surface area contributed by atoms with Gasteiger partial charge < -0.3 is 0 Å². The van der Waals surface area contributed by atoms with Gasteiger partial charge in [0.25, 0.3) is 0 Å². The van der Waals surface area contributed by atoms with Crippen LogP contribution in [0.2, 0.25) is 0 Å². The molecule has 1 aliphatic rings. The minimum Gasteiger partial charge on any atom is -0.274 e. The zero-order valence-electron chi connectivity index (χ0n) is 17.7. The zero-order valence-corrected chi connectivity index (χ0v) is 18.6. The van der Waals surface area contributed by atoms with Crippen molar-refractivity contribution < 1.29 is 8.42 Å². The highest BCUT2D eigenvalue weighted by atomic mass is 32.2. The molecule has 0 spiro atoms. The van der Waals surface area contributed by atoms with E-state index >= 15 is 0 Å². The van der Waals surface area contributed by atoms with Crippen molar-refractivity contribution in [1.82, 2.24) is 19.1 Å². The molecule has 6 nitrogen and oxygen atoms in total. The molecule has 0 N–H and O–H groups in total. The van der Waals surface area contributed by atoms with Crippen molar-refractivity contribution >= 4 is 10.0 Å². The van der Waals surface area contributed by atoms with E-state index < -0.39 is 10.0 Å². The van der Waals surface area contributed by atoms with Crippen LogP contribution < -0.4 is 0 Å². The van der Waals surface area contributed by atoms with Gasteiger partial charge in [-0.1, -0.05) is 35.9 Å². The zero-order chi connectivity index (χ0) is 21.3. The smallest absolute Gasteiger partial charge is 0.246 e. The molecule has 0 radical (unpaired) electrons.